The summed E-state index contributed by atoms with van der Waals surface area (Å²) >= 11 is 0. The molecule has 1 fully saturated rings. The van der Waals surface area contributed by atoms with Crippen molar-refractivity contribution in [3.05, 3.63) is 52.8 Å². The number of nitrogens with one attached hydrogen (secondary N) is 2. The maximum Gasteiger partial charge on any atom is 0.315 e. The molecular formula is C19H26N4O2. The Morgan fingerprint density at radius 2 is 2.08 bits per heavy atom. The van der Waals surface area contributed by atoms with Crippen molar-refractivity contribution in [3.8, 4) is 0 Å². The van der Waals surface area contributed by atoms with Gasteiger partial charge >= 0.3 is 6.03 Å². The van der Waals surface area contributed by atoms with Gasteiger partial charge in [-0.25, -0.2) is 4.79 Å². The molecule has 2 N–H and O–H groups in total. The van der Waals surface area contributed by atoms with E-state index in [1.807, 2.05) is 48.9 Å². The van der Waals surface area contributed by atoms with Crippen LogP contribution in [0.4, 0.5) is 4.79 Å². The molecule has 6 nitrogen and oxygen atoms in total. The minimum absolute atomic E-state index is 0.0111. The third-order valence-electron chi connectivity index (χ3n) is 4.79. The molecule has 1 aliphatic rings. The zero-order chi connectivity index (χ0) is 17.8. The molecule has 1 aromatic carbocycles. The first-order chi connectivity index (χ1) is 12.1. The van der Waals surface area contributed by atoms with E-state index < -0.39 is 0 Å². The lowest BCUT2D eigenvalue weighted by Gasteiger charge is -2.20. The van der Waals surface area contributed by atoms with Crippen molar-refractivity contribution >= 4 is 6.03 Å². The summed E-state index contributed by atoms with van der Waals surface area (Å²) in [6.45, 7) is 8.04. The number of aryl methyl sites for hydroxylation is 2. The van der Waals surface area contributed by atoms with E-state index in [-0.39, 0.29) is 18.2 Å². The van der Waals surface area contributed by atoms with E-state index in [0.29, 0.717) is 13.2 Å². The van der Waals surface area contributed by atoms with Crippen molar-refractivity contribution < 1.29 is 9.53 Å². The molecule has 0 aliphatic carbocycles. The van der Waals surface area contributed by atoms with Crippen LogP contribution in [0, 0.1) is 13.8 Å². The Kier molecular flexibility index (Phi) is 5.38. The van der Waals surface area contributed by atoms with Gasteiger partial charge in [-0.2, -0.15) is 5.10 Å². The van der Waals surface area contributed by atoms with Crippen molar-refractivity contribution in [3.63, 3.8) is 0 Å². The second-order valence-corrected chi connectivity index (χ2v) is 6.39. The molecule has 0 radical (unpaired) electrons. The normalized spacial score (nSPS) is 19.8. The molecule has 0 spiro atoms. The summed E-state index contributed by atoms with van der Waals surface area (Å²) in [5.41, 5.74) is 4.25. The molecule has 1 aromatic heterocycles. The molecule has 134 valence electrons. The molecule has 6 heteroatoms. The summed E-state index contributed by atoms with van der Waals surface area (Å²) in [6.07, 6.45) is 0.733. The van der Waals surface area contributed by atoms with Crippen LogP contribution in [-0.4, -0.2) is 28.5 Å². The number of carbonyl (C=O) groups is 1. The molecular weight excluding hydrogens is 316 g/mol. The van der Waals surface area contributed by atoms with Gasteiger partial charge in [-0.05, 0) is 32.8 Å². The second kappa shape index (κ2) is 7.70. The summed E-state index contributed by atoms with van der Waals surface area (Å²) in [7, 11) is 0. The van der Waals surface area contributed by atoms with Gasteiger partial charge < -0.3 is 15.4 Å². The smallest absolute Gasteiger partial charge is 0.315 e. The predicted octanol–water partition coefficient (Wildman–Crippen LogP) is 2.85. The highest BCUT2D eigenvalue weighted by Gasteiger charge is 2.30. The third kappa shape index (κ3) is 3.85. The first-order valence-corrected chi connectivity index (χ1v) is 8.84. The number of rotatable bonds is 5. The molecule has 2 heterocycles. The predicted molar refractivity (Wildman–Crippen MR) is 96.3 cm³/mol. The van der Waals surface area contributed by atoms with Gasteiger partial charge in [0.25, 0.3) is 0 Å². The fourth-order valence-corrected chi connectivity index (χ4v) is 3.39. The van der Waals surface area contributed by atoms with Crippen LogP contribution in [0.25, 0.3) is 0 Å². The Hall–Kier alpha value is -2.34. The number of ether oxygens (including phenoxy) is 1. The lowest BCUT2D eigenvalue weighted by atomic mass is 10.0. The van der Waals surface area contributed by atoms with Crippen LogP contribution in [0.5, 0.6) is 0 Å². The molecule has 1 saturated heterocycles. The van der Waals surface area contributed by atoms with E-state index in [0.717, 1.165) is 35.5 Å². The zero-order valence-corrected chi connectivity index (χ0v) is 15.1. The van der Waals surface area contributed by atoms with Gasteiger partial charge in [-0.1, -0.05) is 30.3 Å². The van der Waals surface area contributed by atoms with Gasteiger partial charge in [-0.3, -0.25) is 4.68 Å². The van der Waals surface area contributed by atoms with Gasteiger partial charge in [0.15, 0.2) is 0 Å². The van der Waals surface area contributed by atoms with Gasteiger partial charge in [0.2, 0.25) is 0 Å². The van der Waals surface area contributed by atoms with Crippen LogP contribution in [-0.2, 0) is 17.8 Å². The zero-order valence-electron chi connectivity index (χ0n) is 15.1. The van der Waals surface area contributed by atoms with Crippen LogP contribution in [0.1, 0.15) is 42.0 Å². The Morgan fingerprint density at radius 1 is 1.32 bits per heavy atom. The molecule has 2 aromatic rings. The minimum Gasteiger partial charge on any atom is -0.371 e. The highest BCUT2D eigenvalue weighted by molar-refractivity contribution is 5.74. The Morgan fingerprint density at radius 3 is 2.76 bits per heavy atom. The Balaban J connectivity index is 1.58. The lowest BCUT2D eigenvalue weighted by Crippen LogP contribution is -2.43. The van der Waals surface area contributed by atoms with Crippen molar-refractivity contribution in [2.24, 2.45) is 0 Å². The number of hydrogen-bond acceptors (Lipinski definition) is 3. The molecule has 2 amide bonds. The van der Waals surface area contributed by atoms with Gasteiger partial charge in [0, 0.05) is 31.0 Å². The number of carbonyl (C=O) groups excluding carboxylic acids is 1. The topological polar surface area (TPSA) is 68.2 Å². The number of urea groups is 1. The van der Waals surface area contributed by atoms with Crippen molar-refractivity contribution in [2.45, 2.75) is 52.4 Å². The fraction of sp³-hybridized carbons (Fsp3) is 0.474. The molecule has 0 bridgehead atoms. The highest BCUT2D eigenvalue weighted by Crippen LogP contribution is 2.28. The minimum atomic E-state index is -0.167. The average molecular weight is 342 g/mol. The summed E-state index contributed by atoms with van der Waals surface area (Å²) in [5, 5.41) is 10.5. The summed E-state index contributed by atoms with van der Waals surface area (Å²) in [4.78, 5) is 12.3. The highest BCUT2D eigenvalue weighted by atomic mass is 16.5. The van der Waals surface area contributed by atoms with E-state index in [1.165, 1.54) is 0 Å². The maximum absolute atomic E-state index is 12.3. The molecule has 0 saturated carbocycles. The van der Waals surface area contributed by atoms with Crippen LogP contribution in [0.2, 0.25) is 0 Å². The molecule has 1 aliphatic heterocycles. The quantitative estimate of drug-likeness (QED) is 0.878. The van der Waals surface area contributed by atoms with E-state index in [1.54, 1.807) is 0 Å². The second-order valence-electron chi connectivity index (χ2n) is 6.39. The van der Waals surface area contributed by atoms with Crippen LogP contribution in [0.3, 0.4) is 0 Å². The van der Waals surface area contributed by atoms with Crippen LogP contribution in [0.15, 0.2) is 30.3 Å². The number of amides is 2. The fourth-order valence-electron chi connectivity index (χ4n) is 3.39. The van der Waals surface area contributed by atoms with Gasteiger partial charge in [0.1, 0.15) is 6.10 Å². The van der Waals surface area contributed by atoms with Crippen LogP contribution >= 0.6 is 0 Å². The lowest BCUT2D eigenvalue weighted by molar-refractivity contribution is 0.0999. The van der Waals surface area contributed by atoms with E-state index in [2.05, 4.69) is 22.7 Å². The standard InChI is InChI=1S/C19H26N4O2/c1-4-23-14(3)16(13(2)22-23)12-20-19(24)21-17-10-11-25-18(17)15-8-6-5-7-9-15/h5-9,17-18H,4,10-12H2,1-3H3,(H2,20,21,24)/t17-,18+/m1/s1. The third-order valence-corrected chi connectivity index (χ3v) is 4.79. The Labute approximate surface area is 148 Å². The van der Waals surface area contributed by atoms with Crippen molar-refractivity contribution in [2.75, 3.05) is 6.61 Å². The first-order valence-electron chi connectivity index (χ1n) is 8.84. The number of benzene rings is 1. The van der Waals surface area contributed by atoms with Crippen LogP contribution < -0.4 is 10.6 Å². The SMILES string of the molecule is CCn1nc(C)c(CNC(=O)N[C@@H]2CCO[C@H]2c2ccccc2)c1C. The molecule has 2 atom stereocenters. The number of aromatic nitrogens is 2. The molecule has 3 rings (SSSR count). The summed E-state index contributed by atoms with van der Waals surface area (Å²) < 4.78 is 7.77. The first kappa shape index (κ1) is 17.5. The van der Waals surface area contributed by atoms with E-state index in [9.17, 15) is 4.79 Å². The van der Waals surface area contributed by atoms with Crippen molar-refractivity contribution in [1.29, 1.82) is 0 Å². The Bertz CT molecular complexity index is 727. The van der Waals surface area contributed by atoms with Crippen molar-refractivity contribution in [1.82, 2.24) is 20.4 Å². The van der Waals surface area contributed by atoms with Gasteiger partial charge in [-0.15, -0.1) is 0 Å². The monoisotopic (exact) mass is 342 g/mol. The van der Waals surface area contributed by atoms with E-state index >= 15 is 0 Å². The maximum atomic E-state index is 12.3. The van der Waals surface area contributed by atoms with Gasteiger partial charge in [0.05, 0.1) is 11.7 Å². The molecule has 0 unspecified atom stereocenters. The average Bonchev–Trinajstić information content (AvgIpc) is 3.18. The van der Waals surface area contributed by atoms with E-state index in [4.69, 9.17) is 4.74 Å². The largest absolute Gasteiger partial charge is 0.371 e. The number of hydrogen-bond donors (Lipinski definition) is 2. The molecule has 25 heavy (non-hydrogen) atoms. The number of nitrogens with zero attached hydrogens (tertiary/aromatic N) is 2. The summed E-state index contributed by atoms with van der Waals surface area (Å²) in [6, 6.07) is 9.86. The summed E-state index contributed by atoms with van der Waals surface area (Å²) in [5.74, 6) is 0.